The number of nitrogens with two attached hydrogens (primary N) is 1. The lowest BCUT2D eigenvalue weighted by molar-refractivity contribution is 0.116. The molecule has 2 N–H and O–H groups in total. The largest absolute Gasteiger partial charge is 0.447 e. The Balaban J connectivity index is 1.98. The third kappa shape index (κ3) is 1.50. The molecule has 0 aromatic rings. The van der Waals surface area contributed by atoms with Crippen LogP contribution in [-0.4, -0.2) is 36.2 Å². The Bertz CT molecular complexity index is 204. The van der Waals surface area contributed by atoms with Crippen LogP contribution in [-0.2, 0) is 4.74 Å². The topological polar surface area (TPSA) is 55.6 Å². The minimum Gasteiger partial charge on any atom is -0.447 e. The van der Waals surface area contributed by atoms with Crippen LogP contribution in [0.25, 0.3) is 0 Å². The van der Waals surface area contributed by atoms with Gasteiger partial charge in [-0.2, -0.15) is 0 Å². The highest BCUT2D eigenvalue weighted by atomic mass is 16.6. The molecule has 1 unspecified atom stereocenters. The van der Waals surface area contributed by atoms with Gasteiger partial charge in [0.05, 0.1) is 6.04 Å². The molecule has 1 saturated carbocycles. The summed E-state index contributed by atoms with van der Waals surface area (Å²) in [7, 11) is 0. The number of carbonyl (C=O) groups is 1. The molecule has 1 amide bonds. The maximum absolute atomic E-state index is 11.4. The molecule has 2 rings (SSSR count). The van der Waals surface area contributed by atoms with E-state index in [4.69, 9.17) is 10.5 Å². The molecule has 0 radical (unpaired) electrons. The van der Waals surface area contributed by atoms with Crippen molar-refractivity contribution in [2.24, 2.45) is 5.73 Å². The van der Waals surface area contributed by atoms with E-state index < -0.39 is 0 Å². The maximum atomic E-state index is 11.4. The standard InChI is InChI=1S/C9H16N2O2/c10-5-4-8-6-13-9(12)11(8)7-2-1-3-7/h7-8H,1-6,10H2. The van der Waals surface area contributed by atoms with Crippen molar-refractivity contribution in [2.75, 3.05) is 13.2 Å². The average Bonchev–Trinajstić information content (AvgIpc) is 2.34. The first kappa shape index (κ1) is 8.81. The van der Waals surface area contributed by atoms with E-state index in [0.29, 0.717) is 19.2 Å². The van der Waals surface area contributed by atoms with Crippen LogP contribution in [0.4, 0.5) is 4.79 Å². The summed E-state index contributed by atoms with van der Waals surface area (Å²) in [5, 5.41) is 0. The van der Waals surface area contributed by atoms with Crippen molar-refractivity contribution >= 4 is 6.09 Å². The van der Waals surface area contributed by atoms with E-state index in [2.05, 4.69) is 0 Å². The van der Waals surface area contributed by atoms with Gasteiger partial charge >= 0.3 is 6.09 Å². The Morgan fingerprint density at radius 1 is 1.54 bits per heavy atom. The summed E-state index contributed by atoms with van der Waals surface area (Å²) in [4.78, 5) is 13.3. The van der Waals surface area contributed by atoms with E-state index in [-0.39, 0.29) is 12.1 Å². The smallest absolute Gasteiger partial charge is 0.410 e. The molecular formula is C9H16N2O2. The van der Waals surface area contributed by atoms with Crippen LogP contribution < -0.4 is 5.73 Å². The molecule has 0 bridgehead atoms. The molecule has 0 aromatic carbocycles. The van der Waals surface area contributed by atoms with Crippen molar-refractivity contribution in [1.82, 2.24) is 4.90 Å². The Labute approximate surface area is 78.0 Å². The molecule has 1 saturated heterocycles. The van der Waals surface area contributed by atoms with Crippen LogP contribution in [0.5, 0.6) is 0 Å². The number of cyclic esters (lactones) is 1. The van der Waals surface area contributed by atoms with Gasteiger partial charge in [-0.05, 0) is 32.2 Å². The van der Waals surface area contributed by atoms with Crippen LogP contribution in [0.1, 0.15) is 25.7 Å². The lowest BCUT2D eigenvalue weighted by atomic mass is 9.90. The van der Waals surface area contributed by atoms with Gasteiger partial charge in [-0.15, -0.1) is 0 Å². The third-order valence-electron chi connectivity index (χ3n) is 2.97. The predicted molar refractivity (Wildman–Crippen MR) is 48.3 cm³/mol. The van der Waals surface area contributed by atoms with Gasteiger partial charge in [0.15, 0.2) is 0 Å². The predicted octanol–water partition coefficient (Wildman–Crippen LogP) is 0.708. The SMILES string of the molecule is NCCC1COC(=O)N1C1CCC1. The number of nitrogens with zero attached hydrogens (tertiary/aromatic N) is 1. The quantitative estimate of drug-likeness (QED) is 0.702. The normalized spacial score (nSPS) is 28.8. The highest BCUT2D eigenvalue weighted by Gasteiger charge is 2.39. The monoisotopic (exact) mass is 184 g/mol. The number of hydrogen-bond acceptors (Lipinski definition) is 3. The molecule has 0 aromatic heterocycles. The van der Waals surface area contributed by atoms with Crippen molar-refractivity contribution < 1.29 is 9.53 Å². The van der Waals surface area contributed by atoms with Crippen LogP contribution >= 0.6 is 0 Å². The summed E-state index contributed by atoms with van der Waals surface area (Å²) in [6.07, 6.45) is 4.24. The molecule has 13 heavy (non-hydrogen) atoms. The zero-order valence-electron chi connectivity index (χ0n) is 7.74. The molecule has 1 aliphatic carbocycles. The van der Waals surface area contributed by atoms with Crippen molar-refractivity contribution in [3.05, 3.63) is 0 Å². The second kappa shape index (κ2) is 3.54. The molecule has 74 valence electrons. The molecule has 4 heteroatoms. The Hall–Kier alpha value is -0.770. The van der Waals surface area contributed by atoms with E-state index in [9.17, 15) is 4.79 Å². The van der Waals surface area contributed by atoms with E-state index in [0.717, 1.165) is 19.3 Å². The summed E-state index contributed by atoms with van der Waals surface area (Å²) in [5.41, 5.74) is 5.48. The Morgan fingerprint density at radius 3 is 2.85 bits per heavy atom. The number of rotatable bonds is 3. The van der Waals surface area contributed by atoms with Crippen molar-refractivity contribution in [1.29, 1.82) is 0 Å². The Morgan fingerprint density at radius 2 is 2.31 bits per heavy atom. The number of amides is 1. The Kier molecular flexibility index (Phi) is 2.40. The van der Waals surface area contributed by atoms with Gasteiger partial charge < -0.3 is 10.5 Å². The van der Waals surface area contributed by atoms with Gasteiger partial charge in [-0.25, -0.2) is 4.79 Å². The molecule has 1 heterocycles. The van der Waals surface area contributed by atoms with Crippen LogP contribution in [0.15, 0.2) is 0 Å². The van der Waals surface area contributed by atoms with E-state index in [1.807, 2.05) is 4.90 Å². The van der Waals surface area contributed by atoms with Gasteiger partial charge in [-0.1, -0.05) is 0 Å². The van der Waals surface area contributed by atoms with Crippen LogP contribution in [0.3, 0.4) is 0 Å². The molecule has 1 atom stereocenters. The minimum absolute atomic E-state index is 0.136. The molecule has 1 aliphatic heterocycles. The summed E-state index contributed by atoms with van der Waals surface area (Å²) in [6, 6.07) is 0.675. The highest BCUT2D eigenvalue weighted by molar-refractivity contribution is 5.70. The number of carbonyl (C=O) groups excluding carboxylic acids is 1. The number of hydrogen-bond donors (Lipinski definition) is 1. The maximum Gasteiger partial charge on any atom is 0.410 e. The van der Waals surface area contributed by atoms with Gasteiger partial charge in [0.1, 0.15) is 6.61 Å². The summed E-state index contributed by atoms with van der Waals surface area (Å²) >= 11 is 0. The molecule has 4 nitrogen and oxygen atoms in total. The fourth-order valence-corrected chi connectivity index (χ4v) is 2.00. The van der Waals surface area contributed by atoms with Crippen molar-refractivity contribution in [2.45, 2.75) is 37.8 Å². The summed E-state index contributed by atoms with van der Waals surface area (Å²) in [6.45, 7) is 1.16. The zero-order valence-corrected chi connectivity index (χ0v) is 7.74. The fraction of sp³-hybridized carbons (Fsp3) is 0.889. The first-order valence-corrected chi connectivity index (χ1v) is 4.98. The van der Waals surface area contributed by atoms with Gasteiger partial charge in [0, 0.05) is 6.04 Å². The van der Waals surface area contributed by atoms with Crippen molar-refractivity contribution in [3.63, 3.8) is 0 Å². The van der Waals surface area contributed by atoms with E-state index >= 15 is 0 Å². The highest BCUT2D eigenvalue weighted by Crippen LogP contribution is 2.30. The molecule has 2 aliphatic rings. The minimum atomic E-state index is -0.136. The van der Waals surface area contributed by atoms with Gasteiger partial charge in [0.2, 0.25) is 0 Å². The lowest BCUT2D eigenvalue weighted by Gasteiger charge is -2.36. The van der Waals surface area contributed by atoms with E-state index in [1.54, 1.807) is 0 Å². The zero-order chi connectivity index (χ0) is 9.26. The first-order valence-electron chi connectivity index (χ1n) is 4.98. The summed E-state index contributed by atoms with van der Waals surface area (Å²) < 4.78 is 5.02. The van der Waals surface area contributed by atoms with Crippen LogP contribution in [0.2, 0.25) is 0 Å². The molecule has 2 fully saturated rings. The second-order valence-corrected chi connectivity index (χ2v) is 3.80. The third-order valence-corrected chi connectivity index (χ3v) is 2.97. The lowest BCUT2D eigenvalue weighted by Crippen LogP contribution is -2.46. The molecular weight excluding hydrogens is 168 g/mol. The summed E-state index contributed by atoms with van der Waals surface area (Å²) in [5.74, 6) is 0. The van der Waals surface area contributed by atoms with E-state index in [1.165, 1.54) is 6.42 Å². The van der Waals surface area contributed by atoms with Crippen molar-refractivity contribution in [3.8, 4) is 0 Å². The average molecular weight is 184 g/mol. The van der Waals surface area contributed by atoms with Crippen LogP contribution in [0, 0.1) is 0 Å². The second-order valence-electron chi connectivity index (χ2n) is 3.80. The first-order chi connectivity index (χ1) is 6.33. The van der Waals surface area contributed by atoms with Gasteiger partial charge in [0.25, 0.3) is 0 Å². The number of ether oxygens (including phenoxy) is 1. The van der Waals surface area contributed by atoms with Gasteiger partial charge in [-0.3, -0.25) is 4.90 Å². The molecule has 0 spiro atoms. The fourth-order valence-electron chi connectivity index (χ4n) is 2.00.